The monoisotopic (exact) mass is 448 g/mol. The summed E-state index contributed by atoms with van der Waals surface area (Å²) in [6.45, 7) is -0.242. The van der Waals surface area contributed by atoms with Crippen molar-refractivity contribution in [2.75, 3.05) is 24.7 Å². The largest absolute Gasteiger partial charge is 0.513 e. The van der Waals surface area contributed by atoms with E-state index in [-0.39, 0.29) is 41.2 Å². The highest BCUT2D eigenvalue weighted by Crippen LogP contribution is 2.30. The van der Waals surface area contributed by atoms with Crippen LogP contribution in [0.2, 0.25) is 0 Å². The molecule has 33 heavy (non-hydrogen) atoms. The van der Waals surface area contributed by atoms with Gasteiger partial charge in [-0.05, 0) is 36.4 Å². The first-order chi connectivity index (χ1) is 16.0. The van der Waals surface area contributed by atoms with E-state index in [1.807, 2.05) is 0 Å². The predicted octanol–water partition coefficient (Wildman–Crippen LogP) is 3.59. The Bertz CT molecular complexity index is 1180. The lowest BCUT2D eigenvalue weighted by Crippen LogP contribution is -2.33. The van der Waals surface area contributed by atoms with E-state index in [1.165, 1.54) is 25.3 Å². The fourth-order valence-electron chi connectivity index (χ4n) is 2.53. The van der Waals surface area contributed by atoms with Gasteiger partial charge < -0.3 is 25.8 Å². The number of aromatic nitrogens is 1. The van der Waals surface area contributed by atoms with Crippen LogP contribution in [0.15, 0.2) is 77.0 Å². The Hall–Kier alpha value is -4.80. The average Bonchev–Trinajstić information content (AvgIpc) is 2.83. The third-order valence-electron chi connectivity index (χ3n) is 4.11. The molecule has 3 aromatic rings. The number of pyridine rings is 1. The van der Waals surface area contributed by atoms with Crippen LogP contribution >= 0.6 is 0 Å². The molecule has 1 aromatic heterocycles. The van der Waals surface area contributed by atoms with Crippen molar-refractivity contribution < 1.29 is 23.9 Å². The normalized spacial score (nSPS) is 10.5. The maximum Gasteiger partial charge on any atom is 0.513 e. The predicted molar refractivity (Wildman–Crippen MR) is 120 cm³/mol. The van der Waals surface area contributed by atoms with Gasteiger partial charge in [0.25, 0.3) is 5.91 Å². The SMILES string of the molecule is COC(=O)Oc1ccccc1N=Nc1ccc(NC(=O)CNC(=O)c2ccccc2)nc1N. The molecule has 168 valence electrons. The number of hydrogen-bond donors (Lipinski definition) is 3. The van der Waals surface area contributed by atoms with Crippen LogP contribution < -0.4 is 21.1 Å². The molecule has 0 aliphatic carbocycles. The van der Waals surface area contributed by atoms with Gasteiger partial charge in [0.2, 0.25) is 5.91 Å². The number of amides is 2. The maximum atomic E-state index is 12.1. The van der Waals surface area contributed by atoms with Gasteiger partial charge in [-0.15, -0.1) is 10.2 Å². The summed E-state index contributed by atoms with van der Waals surface area (Å²) < 4.78 is 9.47. The zero-order valence-electron chi connectivity index (χ0n) is 17.5. The Morgan fingerprint density at radius 1 is 0.939 bits per heavy atom. The van der Waals surface area contributed by atoms with Gasteiger partial charge in [-0.3, -0.25) is 9.59 Å². The number of carbonyl (C=O) groups excluding carboxylic acids is 3. The molecule has 0 fully saturated rings. The van der Waals surface area contributed by atoms with E-state index in [2.05, 4.69) is 30.6 Å². The maximum absolute atomic E-state index is 12.1. The van der Waals surface area contributed by atoms with E-state index in [1.54, 1.807) is 48.5 Å². The topological polar surface area (TPSA) is 157 Å². The molecule has 2 aromatic carbocycles. The van der Waals surface area contributed by atoms with Gasteiger partial charge in [-0.2, -0.15) is 0 Å². The summed E-state index contributed by atoms with van der Waals surface area (Å²) in [5.74, 6) is -0.503. The molecule has 3 rings (SSSR count). The smallest absolute Gasteiger partial charge is 0.437 e. The first-order valence-electron chi connectivity index (χ1n) is 9.62. The highest BCUT2D eigenvalue weighted by atomic mass is 16.7. The molecule has 11 heteroatoms. The lowest BCUT2D eigenvalue weighted by Gasteiger charge is -2.08. The first kappa shape index (κ1) is 22.9. The van der Waals surface area contributed by atoms with Crippen LogP contribution in [0.3, 0.4) is 0 Å². The number of nitrogen functional groups attached to an aromatic ring is 1. The van der Waals surface area contributed by atoms with Gasteiger partial charge >= 0.3 is 6.16 Å². The average molecular weight is 448 g/mol. The molecule has 1 heterocycles. The molecular formula is C22H20N6O5. The summed E-state index contributed by atoms with van der Waals surface area (Å²) in [4.78, 5) is 39.5. The summed E-state index contributed by atoms with van der Waals surface area (Å²) >= 11 is 0. The van der Waals surface area contributed by atoms with Crippen molar-refractivity contribution in [1.29, 1.82) is 0 Å². The zero-order chi connectivity index (χ0) is 23.6. The van der Waals surface area contributed by atoms with Crippen LogP contribution in [-0.2, 0) is 9.53 Å². The molecular weight excluding hydrogens is 428 g/mol. The molecule has 0 saturated carbocycles. The molecule has 0 bridgehead atoms. The van der Waals surface area contributed by atoms with Gasteiger partial charge in [0.1, 0.15) is 17.2 Å². The lowest BCUT2D eigenvalue weighted by molar-refractivity contribution is -0.115. The minimum Gasteiger partial charge on any atom is -0.437 e. The Kier molecular flexibility index (Phi) is 7.62. The van der Waals surface area contributed by atoms with Gasteiger partial charge in [0.05, 0.1) is 13.7 Å². The molecule has 0 spiro atoms. The number of anilines is 2. The van der Waals surface area contributed by atoms with Gasteiger partial charge in [-0.1, -0.05) is 30.3 Å². The van der Waals surface area contributed by atoms with Crippen LogP contribution in [0, 0.1) is 0 Å². The summed E-state index contributed by atoms with van der Waals surface area (Å²) in [7, 11) is 1.19. The van der Waals surface area contributed by atoms with Crippen LogP contribution in [0.1, 0.15) is 10.4 Å². The van der Waals surface area contributed by atoms with Crippen LogP contribution in [0.4, 0.5) is 27.8 Å². The van der Waals surface area contributed by atoms with Crippen LogP contribution in [0.25, 0.3) is 0 Å². The molecule has 4 N–H and O–H groups in total. The third-order valence-corrected chi connectivity index (χ3v) is 4.11. The van der Waals surface area contributed by atoms with Crippen molar-refractivity contribution >= 4 is 41.0 Å². The van der Waals surface area contributed by atoms with Gasteiger partial charge in [0.15, 0.2) is 11.6 Å². The minimum atomic E-state index is -0.890. The number of carbonyl (C=O) groups is 3. The summed E-state index contributed by atoms with van der Waals surface area (Å²) in [6.07, 6.45) is -0.890. The second-order valence-corrected chi connectivity index (χ2v) is 6.42. The summed E-state index contributed by atoms with van der Waals surface area (Å²) in [5.41, 5.74) is 6.86. The summed E-state index contributed by atoms with van der Waals surface area (Å²) in [5, 5.41) is 13.1. The third kappa shape index (κ3) is 6.59. The molecule has 11 nitrogen and oxygen atoms in total. The standard InChI is InChI=1S/C22H20N6O5/c1-32-22(31)33-17-10-6-5-9-15(17)27-28-16-11-12-18(26-20(16)23)25-19(29)13-24-21(30)14-7-3-2-4-8-14/h2-12H,13H2,1H3,(H,24,30)(H3,23,25,26,29). The highest BCUT2D eigenvalue weighted by Gasteiger charge is 2.11. The Morgan fingerprint density at radius 3 is 2.36 bits per heavy atom. The number of azo groups is 1. The molecule has 0 unspecified atom stereocenters. The van der Waals surface area contributed by atoms with Crippen molar-refractivity contribution in [3.8, 4) is 5.75 Å². The first-order valence-corrected chi connectivity index (χ1v) is 9.62. The van der Waals surface area contributed by atoms with Crippen molar-refractivity contribution in [2.45, 2.75) is 0 Å². The van der Waals surface area contributed by atoms with Gasteiger partial charge in [0, 0.05) is 5.56 Å². The van der Waals surface area contributed by atoms with Crippen molar-refractivity contribution in [1.82, 2.24) is 10.3 Å². The molecule has 0 aliphatic heterocycles. The molecule has 0 radical (unpaired) electrons. The molecule has 2 amide bonds. The lowest BCUT2D eigenvalue weighted by atomic mass is 10.2. The van der Waals surface area contributed by atoms with E-state index in [4.69, 9.17) is 10.5 Å². The van der Waals surface area contributed by atoms with Crippen LogP contribution in [-0.4, -0.2) is 36.6 Å². The molecule has 0 saturated heterocycles. The number of para-hydroxylation sites is 1. The van der Waals surface area contributed by atoms with Crippen molar-refractivity contribution in [2.24, 2.45) is 10.2 Å². The molecule has 0 atom stereocenters. The Labute approximate surface area is 188 Å². The number of benzene rings is 2. The fourth-order valence-corrected chi connectivity index (χ4v) is 2.53. The number of methoxy groups -OCH3 is 1. The van der Waals surface area contributed by atoms with Crippen molar-refractivity contribution in [3.63, 3.8) is 0 Å². The quantitative estimate of drug-likeness (QED) is 0.283. The number of rotatable bonds is 7. The van der Waals surface area contributed by atoms with E-state index in [0.717, 1.165) is 0 Å². The second-order valence-electron chi connectivity index (χ2n) is 6.42. The second kappa shape index (κ2) is 11.0. The van der Waals surface area contributed by atoms with Crippen LogP contribution in [0.5, 0.6) is 5.75 Å². The van der Waals surface area contributed by atoms with E-state index >= 15 is 0 Å². The minimum absolute atomic E-state index is 0.0104. The fraction of sp³-hybridized carbons (Fsp3) is 0.0909. The summed E-state index contributed by atoms with van der Waals surface area (Å²) in [6, 6.07) is 18.0. The number of hydrogen-bond acceptors (Lipinski definition) is 9. The highest BCUT2D eigenvalue weighted by molar-refractivity contribution is 5.99. The van der Waals surface area contributed by atoms with Crippen molar-refractivity contribution in [3.05, 3.63) is 72.3 Å². The Morgan fingerprint density at radius 2 is 1.64 bits per heavy atom. The van der Waals surface area contributed by atoms with E-state index in [9.17, 15) is 14.4 Å². The molecule has 0 aliphatic rings. The zero-order valence-corrected chi connectivity index (χ0v) is 17.5. The number of nitrogens with zero attached hydrogens (tertiary/aromatic N) is 3. The number of nitrogens with one attached hydrogen (secondary N) is 2. The number of nitrogens with two attached hydrogens (primary N) is 1. The number of ether oxygens (including phenoxy) is 2. The van der Waals surface area contributed by atoms with E-state index in [0.29, 0.717) is 5.56 Å². The Balaban J connectivity index is 1.60. The van der Waals surface area contributed by atoms with Gasteiger partial charge in [-0.25, -0.2) is 9.78 Å². The van der Waals surface area contributed by atoms with E-state index < -0.39 is 12.1 Å².